The summed E-state index contributed by atoms with van der Waals surface area (Å²) in [6.07, 6.45) is 1.21. The molecule has 1 aliphatic heterocycles. The number of hydrogen-bond donors (Lipinski definition) is 2. The Morgan fingerprint density at radius 3 is 2.82 bits per heavy atom. The number of alkyl halides is 3. The number of aromatic nitrogens is 4. The molecule has 3 aromatic heterocycles. The van der Waals surface area contributed by atoms with Crippen LogP contribution >= 0.6 is 0 Å². The molecule has 2 N–H and O–H groups in total. The highest BCUT2D eigenvalue weighted by molar-refractivity contribution is 5.90. The maximum absolute atomic E-state index is 13.5. The number of piperidine rings is 1. The molecule has 1 saturated heterocycles. The summed E-state index contributed by atoms with van der Waals surface area (Å²) < 4.78 is 46.2. The summed E-state index contributed by atoms with van der Waals surface area (Å²) in [4.78, 5) is 8.22. The summed E-state index contributed by atoms with van der Waals surface area (Å²) in [5.74, 6) is 0.152. The van der Waals surface area contributed by atoms with E-state index < -0.39 is 11.7 Å². The number of nitrogens with zero attached hydrogens (tertiary/aromatic N) is 3. The Balaban J connectivity index is 1.61. The Morgan fingerprint density at radius 2 is 2.04 bits per heavy atom. The number of nitrogens with one attached hydrogen (secondary N) is 2. The van der Waals surface area contributed by atoms with Crippen LogP contribution in [0.1, 0.15) is 31.2 Å². The number of H-pyrrole nitrogens is 1. The van der Waals surface area contributed by atoms with Crippen LogP contribution in [0.3, 0.4) is 0 Å². The van der Waals surface area contributed by atoms with Crippen molar-refractivity contribution in [2.24, 2.45) is 0 Å². The van der Waals surface area contributed by atoms with Gasteiger partial charge in [0.1, 0.15) is 11.4 Å². The van der Waals surface area contributed by atoms with Crippen molar-refractivity contribution in [3.63, 3.8) is 0 Å². The van der Waals surface area contributed by atoms with Gasteiger partial charge in [-0.05, 0) is 44.0 Å². The van der Waals surface area contributed by atoms with Crippen molar-refractivity contribution in [3.05, 3.63) is 36.0 Å². The van der Waals surface area contributed by atoms with E-state index in [4.69, 9.17) is 4.74 Å². The average molecular weight is 391 g/mol. The van der Waals surface area contributed by atoms with Gasteiger partial charge in [0.2, 0.25) is 5.88 Å². The molecule has 28 heavy (non-hydrogen) atoms. The summed E-state index contributed by atoms with van der Waals surface area (Å²) in [6, 6.07) is 5.93. The van der Waals surface area contributed by atoms with E-state index in [1.165, 1.54) is 18.9 Å². The first-order valence-corrected chi connectivity index (χ1v) is 9.26. The van der Waals surface area contributed by atoms with Crippen LogP contribution in [0.15, 0.2) is 30.5 Å². The first-order chi connectivity index (χ1) is 13.5. The molecule has 6 nitrogen and oxygen atoms in total. The smallest absolute Gasteiger partial charge is 0.418 e. The molecular weight excluding hydrogens is 371 g/mol. The largest absolute Gasteiger partial charge is 0.478 e. The van der Waals surface area contributed by atoms with Gasteiger partial charge in [0.15, 0.2) is 5.65 Å². The predicted molar refractivity (Wildman–Crippen MR) is 97.9 cm³/mol. The predicted octanol–water partition coefficient (Wildman–Crippen LogP) is 3.95. The minimum Gasteiger partial charge on any atom is -0.478 e. The van der Waals surface area contributed by atoms with E-state index in [9.17, 15) is 13.2 Å². The second-order valence-corrected chi connectivity index (χ2v) is 6.80. The standard InChI is InChI=1S/C19H20F3N5O/c20-19(21,22)14-6-7-15(28-11-8-12-4-1-2-9-23-12)25-17(14)16-13-5-3-10-24-18(13)27-26-16/h3,5-7,10,12,23H,1-2,4,8-9,11H2,(H,24,26,27). The number of pyridine rings is 2. The van der Waals surface area contributed by atoms with Gasteiger partial charge < -0.3 is 10.1 Å². The van der Waals surface area contributed by atoms with Crippen LogP contribution in [-0.4, -0.2) is 39.4 Å². The molecule has 0 saturated carbocycles. The van der Waals surface area contributed by atoms with Gasteiger partial charge in [-0.3, -0.25) is 5.10 Å². The van der Waals surface area contributed by atoms with Crippen molar-refractivity contribution in [1.29, 1.82) is 0 Å². The Labute approximate surface area is 159 Å². The lowest BCUT2D eigenvalue weighted by Crippen LogP contribution is -2.35. The molecule has 0 aromatic carbocycles. The van der Waals surface area contributed by atoms with Gasteiger partial charge in [-0.25, -0.2) is 9.97 Å². The highest BCUT2D eigenvalue weighted by atomic mass is 19.4. The van der Waals surface area contributed by atoms with Gasteiger partial charge in [-0.2, -0.15) is 18.3 Å². The fraction of sp³-hybridized carbons (Fsp3) is 0.421. The van der Waals surface area contributed by atoms with Gasteiger partial charge in [-0.1, -0.05) is 6.42 Å². The molecule has 0 aliphatic carbocycles. The summed E-state index contributed by atoms with van der Waals surface area (Å²) in [5.41, 5.74) is -0.608. The summed E-state index contributed by atoms with van der Waals surface area (Å²) in [7, 11) is 0. The molecule has 0 radical (unpaired) electrons. The average Bonchev–Trinajstić information content (AvgIpc) is 3.12. The van der Waals surface area contributed by atoms with Crippen LogP contribution in [0.2, 0.25) is 0 Å². The summed E-state index contributed by atoms with van der Waals surface area (Å²) in [6.45, 7) is 1.38. The van der Waals surface area contributed by atoms with Crippen molar-refractivity contribution < 1.29 is 17.9 Å². The van der Waals surface area contributed by atoms with Crippen LogP contribution in [0.4, 0.5) is 13.2 Å². The van der Waals surface area contributed by atoms with Crippen molar-refractivity contribution in [2.45, 2.75) is 37.9 Å². The number of halogens is 3. The highest BCUT2D eigenvalue weighted by Crippen LogP contribution is 2.38. The fourth-order valence-corrected chi connectivity index (χ4v) is 3.44. The second-order valence-electron chi connectivity index (χ2n) is 6.80. The van der Waals surface area contributed by atoms with Crippen molar-refractivity contribution in [2.75, 3.05) is 13.2 Å². The molecule has 3 aromatic rings. The molecule has 4 rings (SSSR count). The van der Waals surface area contributed by atoms with Crippen LogP contribution in [0, 0.1) is 0 Å². The van der Waals surface area contributed by atoms with Gasteiger partial charge in [0.05, 0.1) is 12.2 Å². The molecular formula is C19H20F3N5O. The van der Waals surface area contributed by atoms with Crippen molar-refractivity contribution in [3.8, 4) is 17.3 Å². The molecule has 0 amide bonds. The minimum absolute atomic E-state index is 0.106. The Hall–Kier alpha value is -2.68. The summed E-state index contributed by atoms with van der Waals surface area (Å²) >= 11 is 0. The molecule has 1 fully saturated rings. The molecule has 0 spiro atoms. The fourth-order valence-electron chi connectivity index (χ4n) is 3.44. The number of fused-ring (bicyclic) bond motifs is 1. The summed E-state index contributed by atoms with van der Waals surface area (Å²) in [5, 5.41) is 10.6. The zero-order valence-electron chi connectivity index (χ0n) is 15.1. The molecule has 4 heterocycles. The maximum Gasteiger partial charge on any atom is 0.418 e. The van der Waals surface area contributed by atoms with Crippen molar-refractivity contribution >= 4 is 11.0 Å². The van der Waals surface area contributed by atoms with E-state index in [0.29, 0.717) is 23.7 Å². The lowest BCUT2D eigenvalue weighted by atomic mass is 10.0. The van der Waals surface area contributed by atoms with E-state index in [-0.39, 0.29) is 17.3 Å². The molecule has 148 valence electrons. The van der Waals surface area contributed by atoms with Gasteiger partial charge in [0, 0.05) is 23.7 Å². The Morgan fingerprint density at radius 1 is 1.14 bits per heavy atom. The lowest BCUT2D eigenvalue weighted by molar-refractivity contribution is -0.137. The van der Waals surface area contributed by atoms with E-state index in [1.807, 2.05) is 0 Å². The molecule has 0 bridgehead atoms. The second kappa shape index (κ2) is 7.75. The Bertz CT molecular complexity index is 950. The zero-order valence-corrected chi connectivity index (χ0v) is 15.1. The van der Waals surface area contributed by atoms with E-state index in [2.05, 4.69) is 25.5 Å². The topological polar surface area (TPSA) is 75.7 Å². The van der Waals surface area contributed by atoms with E-state index in [0.717, 1.165) is 25.5 Å². The number of rotatable bonds is 5. The first-order valence-electron chi connectivity index (χ1n) is 9.26. The van der Waals surface area contributed by atoms with E-state index in [1.54, 1.807) is 18.3 Å². The third-order valence-corrected chi connectivity index (χ3v) is 4.86. The van der Waals surface area contributed by atoms with Crippen LogP contribution in [0.5, 0.6) is 5.88 Å². The SMILES string of the molecule is FC(F)(F)c1ccc(OCCC2CCCCN2)nc1-c1n[nH]c2ncccc12. The lowest BCUT2D eigenvalue weighted by Gasteiger charge is -2.23. The quantitative estimate of drug-likeness (QED) is 0.689. The van der Waals surface area contributed by atoms with Gasteiger partial charge in [-0.15, -0.1) is 0 Å². The van der Waals surface area contributed by atoms with Crippen LogP contribution in [0.25, 0.3) is 22.4 Å². The number of aromatic amines is 1. The van der Waals surface area contributed by atoms with Gasteiger partial charge >= 0.3 is 6.18 Å². The molecule has 9 heteroatoms. The zero-order chi connectivity index (χ0) is 19.6. The van der Waals surface area contributed by atoms with Crippen LogP contribution < -0.4 is 10.1 Å². The normalized spacial score (nSPS) is 17.8. The molecule has 1 aliphatic rings. The van der Waals surface area contributed by atoms with E-state index >= 15 is 0 Å². The molecule has 1 atom stereocenters. The van der Waals surface area contributed by atoms with Crippen molar-refractivity contribution in [1.82, 2.24) is 25.5 Å². The highest BCUT2D eigenvalue weighted by Gasteiger charge is 2.36. The first kappa shape index (κ1) is 18.7. The third kappa shape index (κ3) is 3.94. The molecule has 1 unspecified atom stereocenters. The maximum atomic E-state index is 13.5. The number of hydrogen-bond acceptors (Lipinski definition) is 5. The third-order valence-electron chi connectivity index (χ3n) is 4.86. The monoisotopic (exact) mass is 391 g/mol. The minimum atomic E-state index is -4.56. The van der Waals surface area contributed by atoms with Gasteiger partial charge in [0.25, 0.3) is 0 Å². The number of ether oxygens (including phenoxy) is 1. The van der Waals surface area contributed by atoms with Crippen LogP contribution in [-0.2, 0) is 6.18 Å². The Kier molecular flexibility index (Phi) is 5.17.